The lowest BCUT2D eigenvalue weighted by Crippen LogP contribution is -2.11. The Morgan fingerprint density at radius 3 is 2.46 bits per heavy atom. The second-order valence-electron chi connectivity index (χ2n) is 6.22. The molecule has 1 aliphatic rings. The van der Waals surface area contributed by atoms with Crippen LogP contribution < -0.4 is 0 Å². The lowest BCUT2D eigenvalue weighted by Gasteiger charge is -2.11. The Morgan fingerprint density at radius 1 is 1.12 bits per heavy atom. The molecule has 1 aromatic heterocycles. The first kappa shape index (κ1) is 14.6. The fourth-order valence-corrected chi connectivity index (χ4v) is 3.37. The Kier molecular flexibility index (Phi) is 3.38. The van der Waals surface area contributed by atoms with E-state index in [2.05, 4.69) is 34.1 Å². The van der Waals surface area contributed by atoms with Crippen LogP contribution in [0.3, 0.4) is 0 Å². The van der Waals surface area contributed by atoms with Crippen molar-refractivity contribution in [2.45, 2.75) is 17.8 Å². The summed E-state index contributed by atoms with van der Waals surface area (Å²) in [6.45, 7) is 3.77. The van der Waals surface area contributed by atoms with E-state index in [1.54, 1.807) is 6.20 Å². The maximum atomic E-state index is 11.8. The first-order chi connectivity index (χ1) is 11.8. The molecule has 2 unspecified atom stereocenters. The highest BCUT2D eigenvalue weighted by atomic mass is 16.1. The van der Waals surface area contributed by atoms with Gasteiger partial charge in [0.15, 0.2) is 0 Å². The maximum absolute atomic E-state index is 11.8. The van der Waals surface area contributed by atoms with E-state index in [0.29, 0.717) is 0 Å². The third kappa shape index (κ3) is 2.27. The van der Waals surface area contributed by atoms with Gasteiger partial charge in [-0.15, -0.1) is 0 Å². The number of aromatic nitrogens is 3. The summed E-state index contributed by atoms with van der Waals surface area (Å²) in [5, 5.41) is 10.5. The molecule has 0 spiro atoms. The number of rotatable bonds is 5. The largest absolute Gasteiger partial charge is 0.302 e. The number of aldehydes is 1. The molecule has 3 aromatic rings. The minimum Gasteiger partial charge on any atom is -0.302 e. The van der Waals surface area contributed by atoms with Gasteiger partial charge >= 0.3 is 0 Å². The Balaban J connectivity index is 1.61. The smallest absolute Gasteiger partial charge is 0.131 e. The average molecular weight is 315 g/mol. The van der Waals surface area contributed by atoms with E-state index >= 15 is 0 Å². The molecule has 0 radical (unpaired) electrons. The molecule has 2 atom stereocenters. The van der Waals surface area contributed by atoms with Crippen molar-refractivity contribution in [1.29, 1.82) is 0 Å². The highest BCUT2D eigenvalue weighted by Crippen LogP contribution is 2.59. The van der Waals surface area contributed by atoms with Gasteiger partial charge in [-0.3, -0.25) is 0 Å². The topological polar surface area (TPSA) is 58.6 Å². The molecule has 1 N–H and O–H groups in total. The molecule has 0 saturated heterocycles. The number of hydrogen-bond donors (Lipinski definition) is 1. The van der Waals surface area contributed by atoms with Crippen molar-refractivity contribution in [3.8, 4) is 11.3 Å². The van der Waals surface area contributed by atoms with Crippen LogP contribution in [-0.4, -0.2) is 21.7 Å². The van der Waals surface area contributed by atoms with Gasteiger partial charge in [0, 0.05) is 11.5 Å². The standard InChI is InChI=1S/C20H17N3O/c1-2-14-3-9-17(10-4-14)20(13-24)11-18(20)15-5-7-16(8-6-15)19-12-21-23-22-19/h2-10,12-13,18H,1,11H2,(H,21,22,23). The van der Waals surface area contributed by atoms with Gasteiger partial charge in [0.05, 0.1) is 11.6 Å². The van der Waals surface area contributed by atoms with E-state index in [-0.39, 0.29) is 5.92 Å². The van der Waals surface area contributed by atoms with E-state index in [1.807, 2.05) is 42.5 Å². The van der Waals surface area contributed by atoms with Crippen LogP contribution >= 0.6 is 0 Å². The highest BCUT2D eigenvalue weighted by molar-refractivity contribution is 5.77. The number of aromatic amines is 1. The molecule has 2 aromatic carbocycles. The van der Waals surface area contributed by atoms with Gasteiger partial charge in [0.25, 0.3) is 0 Å². The third-order valence-electron chi connectivity index (χ3n) is 4.92. The zero-order valence-corrected chi connectivity index (χ0v) is 13.1. The molecule has 4 heteroatoms. The van der Waals surface area contributed by atoms with Crippen molar-refractivity contribution in [3.05, 3.63) is 78.0 Å². The molecular weight excluding hydrogens is 298 g/mol. The van der Waals surface area contributed by atoms with Crippen LogP contribution in [0.15, 0.2) is 61.3 Å². The van der Waals surface area contributed by atoms with E-state index in [1.165, 1.54) is 5.56 Å². The highest BCUT2D eigenvalue weighted by Gasteiger charge is 2.56. The molecule has 4 rings (SSSR count). The molecule has 1 heterocycles. The molecule has 1 saturated carbocycles. The molecule has 118 valence electrons. The zero-order valence-electron chi connectivity index (χ0n) is 13.1. The second kappa shape index (κ2) is 5.57. The number of H-pyrrole nitrogens is 1. The minimum absolute atomic E-state index is 0.232. The summed E-state index contributed by atoms with van der Waals surface area (Å²) in [5.74, 6) is 0.232. The first-order valence-corrected chi connectivity index (χ1v) is 7.92. The van der Waals surface area contributed by atoms with Crippen LogP contribution in [0, 0.1) is 0 Å². The van der Waals surface area contributed by atoms with Crippen molar-refractivity contribution < 1.29 is 4.79 Å². The second-order valence-corrected chi connectivity index (χ2v) is 6.22. The van der Waals surface area contributed by atoms with E-state index < -0.39 is 5.41 Å². The fraction of sp³-hybridized carbons (Fsp3) is 0.150. The Morgan fingerprint density at radius 2 is 1.88 bits per heavy atom. The average Bonchev–Trinajstić information content (AvgIpc) is 3.15. The van der Waals surface area contributed by atoms with Crippen molar-refractivity contribution >= 4 is 12.4 Å². The monoisotopic (exact) mass is 315 g/mol. The number of nitrogens with zero attached hydrogens (tertiary/aromatic N) is 2. The van der Waals surface area contributed by atoms with Crippen molar-refractivity contribution in [2.24, 2.45) is 0 Å². The lowest BCUT2D eigenvalue weighted by atomic mass is 9.91. The summed E-state index contributed by atoms with van der Waals surface area (Å²) in [5.41, 5.74) is 4.76. The molecule has 24 heavy (non-hydrogen) atoms. The molecule has 1 fully saturated rings. The fourth-order valence-electron chi connectivity index (χ4n) is 3.37. The van der Waals surface area contributed by atoms with Gasteiger partial charge in [-0.05, 0) is 23.1 Å². The molecule has 0 bridgehead atoms. The number of nitrogens with one attached hydrogen (secondary N) is 1. The predicted molar refractivity (Wildman–Crippen MR) is 93.5 cm³/mol. The van der Waals surface area contributed by atoms with Gasteiger partial charge in [-0.1, -0.05) is 61.2 Å². The SMILES string of the molecule is C=Cc1ccc(C2(C=O)CC2c2ccc(-c3cn[nH]n3)cc2)cc1. The van der Waals surface area contributed by atoms with Crippen LogP contribution in [0.1, 0.15) is 29.0 Å². The molecule has 1 aliphatic carbocycles. The summed E-state index contributed by atoms with van der Waals surface area (Å²) in [7, 11) is 0. The lowest BCUT2D eigenvalue weighted by molar-refractivity contribution is -0.110. The number of carbonyl (C=O) groups excluding carboxylic acids is 1. The molecule has 0 amide bonds. The minimum atomic E-state index is -0.394. The summed E-state index contributed by atoms with van der Waals surface area (Å²) in [4.78, 5) is 11.8. The molecule has 4 nitrogen and oxygen atoms in total. The third-order valence-corrected chi connectivity index (χ3v) is 4.92. The Labute approximate surface area is 140 Å². The van der Waals surface area contributed by atoms with Gasteiger partial charge in [-0.25, -0.2) is 0 Å². The quantitative estimate of drug-likeness (QED) is 0.730. The Bertz CT molecular complexity index is 866. The first-order valence-electron chi connectivity index (χ1n) is 7.92. The predicted octanol–water partition coefficient (Wildman–Crippen LogP) is 3.74. The summed E-state index contributed by atoms with van der Waals surface area (Å²) in [6, 6.07) is 16.3. The number of hydrogen-bond acceptors (Lipinski definition) is 3. The van der Waals surface area contributed by atoms with Crippen LogP contribution in [0.4, 0.5) is 0 Å². The summed E-state index contributed by atoms with van der Waals surface area (Å²) >= 11 is 0. The van der Waals surface area contributed by atoms with Gasteiger partial charge < -0.3 is 4.79 Å². The number of carbonyl (C=O) groups is 1. The molecular formula is C20H17N3O. The number of benzene rings is 2. The van der Waals surface area contributed by atoms with Gasteiger partial charge in [-0.2, -0.15) is 15.4 Å². The van der Waals surface area contributed by atoms with Crippen LogP contribution in [0.5, 0.6) is 0 Å². The van der Waals surface area contributed by atoms with Crippen molar-refractivity contribution in [3.63, 3.8) is 0 Å². The summed E-state index contributed by atoms with van der Waals surface area (Å²) in [6.07, 6.45) is 5.47. The van der Waals surface area contributed by atoms with E-state index in [9.17, 15) is 4.79 Å². The Hall–Kier alpha value is -3.01. The zero-order chi connectivity index (χ0) is 16.6. The summed E-state index contributed by atoms with van der Waals surface area (Å²) < 4.78 is 0. The maximum Gasteiger partial charge on any atom is 0.131 e. The normalized spacial score (nSPS) is 22.1. The van der Waals surface area contributed by atoms with Crippen LogP contribution in [-0.2, 0) is 10.2 Å². The van der Waals surface area contributed by atoms with Gasteiger partial charge in [0.2, 0.25) is 0 Å². The van der Waals surface area contributed by atoms with Crippen LogP contribution in [0.25, 0.3) is 17.3 Å². The van der Waals surface area contributed by atoms with E-state index in [4.69, 9.17) is 0 Å². The van der Waals surface area contributed by atoms with Crippen molar-refractivity contribution in [2.75, 3.05) is 0 Å². The molecule has 0 aliphatic heterocycles. The van der Waals surface area contributed by atoms with E-state index in [0.717, 1.165) is 35.1 Å². The van der Waals surface area contributed by atoms with Crippen LogP contribution in [0.2, 0.25) is 0 Å². The van der Waals surface area contributed by atoms with Gasteiger partial charge in [0.1, 0.15) is 12.0 Å². The van der Waals surface area contributed by atoms with Crippen molar-refractivity contribution in [1.82, 2.24) is 15.4 Å².